The van der Waals surface area contributed by atoms with E-state index in [0.29, 0.717) is 10.4 Å². The Kier molecular flexibility index (Phi) is 5.00. The van der Waals surface area contributed by atoms with Gasteiger partial charge in [0, 0.05) is 4.47 Å². The second kappa shape index (κ2) is 6.22. The molecule has 0 saturated heterocycles. The summed E-state index contributed by atoms with van der Waals surface area (Å²) in [4.78, 5) is -0.0740. The molecule has 112 valence electrons. The van der Waals surface area contributed by atoms with Crippen molar-refractivity contribution in [1.82, 2.24) is 0 Å². The van der Waals surface area contributed by atoms with Gasteiger partial charge in [0.15, 0.2) is 5.75 Å². The van der Waals surface area contributed by atoms with E-state index in [1.54, 1.807) is 6.07 Å². The Morgan fingerprint density at radius 3 is 2.70 bits per heavy atom. The van der Waals surface area contributed by atoms with Gasteiger partial charge >= 0.3 is 0 Å². The predicted molar refractivity (Wildman–Crippen MR) is 82.6 cm³/mol. The van der Waals surface area contributed by atoms with Crippen molar-refractivity contribution in [2.24, 2.45) is 11.1 Å². The lowest BCUT2D eigenvalue weighted by atomic mass is 9.89. The summed E-state index contributed by atoms with van der Waals surface area (Å²) in [6, 6.07) is 3.03. The van der Waals surface area contributed by atoms with Crippen molar-refractivity contribution in [2.75, 3.05) is 0 Å². The number of rotatable bonds is 3. The molecule has 0 heterocycles. The Morgan fingerprint density at radius 1 is 1.40 bits per heavy atom. The smallest absolute Gasteiger partial charge is 0.241 e. The first-order valence-corrected chi connectivity index (χ1v) is 9.17. The Balaban J connectivity index is 2.35. The molecule has 0 aliphatic heterocycles. The standard InChI is InChI=1S/C13H17BrClNO3S/c1-8-3-2-4-10(5-8)19-13-11(15)6-9(14)7-12(13)20(16,17)18/h6-8,10H,2-5H2,1H3,(H2,16,17,18). The fourth-order valence-corrected chi connectivity index (χ4v) is 4.28. The highest BCUT2D eigenvalue weighted by molar-refractivity contribution is 9.10. The average Bonchev–Trinajstić information content (AvgIpc) is 2.31. The monoisotopic (exact) mass is 381 g/mol. The Bertz CT molecular complexity index is 606. The van der Waals surface area contributed by atoms with Crippen molar-refractivity contribution in [3.05, 3.63) is 21.6 Å². The highest BCUT2D eigenvalue weighted by Crippen LogP contribution is 2.37. The normalized spacial score (nSPS) is 23.6. The summed E-state index contributed by atoms with van der Waals surface area (Å²) in [6.45, 7) is 2.17. The molecule has 1 fully saturated rings. The number of ether oxygens (including phenoxy) is 1. The third-order valence-corrected chi connectivity index (χ3v) is 5.11. The van der Waals surface area contributed by atoms with Gasteiger partial charge in [-0.15, -0.1) is 0 Å². The first-order chi connectivity index (χ1) is 9.27. The van der Waals surface area contributed by atoms with Gasteiger partial charge in [0.1, 0.15) is 4.90 Å². The molecule has 2 unspecified atom stereocenters. The van der Waals surface area contributed by atoms with E-state index >= 15 is 0 Å². The molecule has 20 heavy (non-hydrogen) atoms. The minimum Gasteiger partial charge on any atom is -0.487 e. The maximum Gasteiger partial charge on any atom is 0.241 e. The zero-order valence-corrected chi connectivity index (χ0v) is 14.3. The molecular formula is C13H17BrClNO3S. The van der Waals surface area contributed by atoms with Crippen LogP contribution in [-0.2, 0) is 10.0 Å². The van der Waals surface area contributed by atoms with Gasteiger partial charge in [0.05, 0.1) is 11.1 Å². The van der Waals surface area contributed by atoms with Crippen LogP contribution < -0.4 is 9.88 Å². The Morgan fingerprint density at radius 2 is 2.10 bits per heavy atom. The Hall–Kier alpha value is -0.300. The molecule has 1 aliphatic rings. The fraction of sp³-hybridized carbons (Fsp3) is 0.538. The van der Waals surface area contributed by atoms with Gasteiger partial charge in [-0.1, -0.05) is 40.9 Å². The van der Waals surface area contributed by atoms with E-state index in [4.69, 9.17) is 21.5 Å². The zero-order chi connectivity index (χ0) is 14.9. The van der Waals surface area contributed by atoms with Gasteiger partial charge in [0.25, 0.3) is 0 Å². The lowest BCUT2D eigenvalue weighted by Gasteiger charge is -2.28. The third kappa shape index (κ3) is 3.87. The number of sulfonamides is 1. The number of hydrogen-bond acceptors (Lipinski definition) is 3. The van der Waals surface area contributed by atoms with Crippen LogP contribution in [0, 0.1) is 5.92 Å². The molecule has 0 spiro atoms. The predicted octanol–water partition coefficient (Wildman–Crippen LogP) is 3.71. The molecule has 0 bridgehead atoms. The van der Waals surface area contributed by atoms with Crippen molar-refractivity contribution in [3.63, 3.8) is 0 Å². The van der Waals surface area contributed by atoms with Crippen LogP contribution in [0.5, 0.6) is 5.75 Å². The van der Waals surface area contributed by atoms with Crippen LogP contribution in [0.1, 0.15) is 32.6 Å². The quantitative estimate of drug-likeness (QED) is 0.866. The van der Waals surface area contributed by atoms with Gasteiger partial charge in [-0.2, -0.15) is 0 Å². The molecule has 2 atom stereocenters. The fourth-order valence-electron chi connectivity index (χ4n) is 2.51. The average molecular weight is 383 g/mol. The van der Waals surface area contributed by atoms with Crippen LogP contribution in [0.15, 0.2) is 21.5 Å². The Labute approximate surface area is 132 Å². The number of benzene rings is 1. The molecule has 1 saturated carbocycles. The summed E-state index contributed by atoms with van der Waals surface area (Å²) in [5, 5.41) is 5.49. The summed E-state index contributed by atoms with van der Waals surface area (Å²) in [7, 11) is -3.88. The molecule has 2 rings (SSSR count). The van der Waals surface area contributed by atoms with Crippen molar-refractivity contribution in [1.29, 1.82) is 0 Å². The van der Waals surface area contributed by atoms with Gasteiger partial charge in [0.2, 0.25) is 10.0 Å². The van der Waals surface area contributed by atoms with Crippen LogP contribution in [0.2, 0.25) is 5.02 Å². The van der Waals surface area contributed by atoms with E-state index in [1.807, 2.05) is 0 Å². The SMILES string of the molecule is CC1CCCC(Oc2c(Cl)cc(Br)cc2S(N)(=O)=O)C1. The van der Waals surface area contributed by atoms with E-state index in [9.17, 15) is 8.42 Å². The van der Waals surface area contributed by atoms with Crippen LogP contribution in [0.4, 0.5) is 0 Å². The molecule has 7 heteroatoms. The number of nitrogens with two attached hydrogens (primary N) is 1. The summed E-state index contributed by atoms with van der Waals surface area (Å²) in [6.07, 6.45) is 4.04. The van der Waals surface area contributed by atoms with E-state index in [-0.39, 0.29) is 21.8 Å². The van der Waals surface area contributed by atoms with E-state index < -0.39 is 10.0 Å². The highest BCUT2D eigenvalue weighted by atomic mass is 79.9. The first-order valence-electron chi connectivity index (χ1n) is 6.46. The molecule has 2 N–H and O–H groups in total. The van der Waals surface area contributed by atoms with E-state index in [0.717, 1.165) is 19.3 Å². The molecule has 1 aliphatic carbocycles. The molecule has 1 aromatic rings. The van der Waals surface area contributed by atoms with Crippen LogP contribution in [0.3, 0.4) is 0 Å². The topological polar surface area (TPSA) is 69.4 Å². The zero-order valence-electron chi connectivity index (χ0n) is 11.1. The maximum atomic E-state index is 11.7. The second-order valence-corrected chi connectivity index (χ2v) is 8.12. The minimum absolute atomic E-state index is 0.0158. The summed E-state index contributed by atoms with van der Waals surface area (Å²) >= 11 is 9.34. The minimum atomic E-state index is -3.88. The summed E-state index contributed by atoms with van der Waals surface area (Å²) < 4.78 is 29.8. The molecule has 0 radical (unpaired) electrons. The van der Waals surface area contributed by atoms with Gasteiger partial charge < -0.3 is 4.74 Å². The van der Waals surface area contributed by atoms with Gasteiger partial charge in [-0.3, -0.25) is 0 Å². The maximum absolute atomic E-state index is 11.7. The second-order valence-electron chi connectivity index (χ2n) is 5.27. The van der Waals surface area contributed by atoms with E-state index in [2.05, 4.69) is 22.9 Å². The third-order valence-electron chi connectivity index (χ3n) is 3.45. The number of hydrogen-bond donors (Lipinski definition) is 1. The van der Waals surface area contributed by atoms with Crippen molar-refractivity contribution in [2.45, 2.75) is 43.6 Å². The summed E-state index contributed by atoms with van der Waals surface area (Å²) in [5.74, 6) is 0.734. The van der Waals surface area contributed by atoms with Crippen molar-refractivity contribution in [3.8, 4) is 5.75 Å². The summed E-state index contributed by atoms with van der Waals surface area (Å²) in [5.41, 5.74) is 0. The first kappa shape index (κ1) is 16.1. The van der Waals surface area contributed by atoms with Crippen molar-refractivity contribution >= 4 is 37.6 Å². The highest BCUT2D eigenvalue weighted by Gasteiger charge is 2.25. The molecule has 4 nitrogen and oxygen atoms in total. The van der Waals surface area contributed by atoms with Gasteiger partial charge in [-0.05, 0) is 37.3 Å². The number of primary sulfonamides is 1. The van der Waals surface area contributed by atoms with Crippen LogP contribution in [0.25, 0.3) is 0 Å². The lowest BCUT2D eigenvalue weighted by Crippen LogP contribution is -2.25. The van der Waals surface area contributed by atoms with E-state index in [1.165, 1.54) is 12.5 Å². The van der Waals surface area contributed by atoms with Crippen molar-refractivity contribution < 1.29 is 13.2 Å². The lowest BCUT2D eigenvalue weighted by molar-refractivity contribution is 0.126. The molecule has 0 amide bonds. The van der Waals surface area contributed by atoms with Crippen LogP contribution >= 0.6 is 27.5 Å². The van der Waals surface area contributed by atoms with Gasteiger partial charge in [-0.25, -0.2) is 13.6 Å². The number of halogens is 2. The largest absolute Gasteiger partial charge is 0.487 e. The van der Waals surface area contributed by atoms with Crippen LogP contribution in [-0.4, -0.2) is 14.5 Å². The molecular weight excluding hydrogens is 366 g/mol. The molecule has 1 aromatic carbocycles. The molecule has 0 aromatic heterocycles.